The third-order valence-electron chi connectivity index (χ3n) is 3.21. The Morgan fingerprint density at radius 3 is 2.81 bits per heavy atom. The number of nitriles is 1. The molecule has 0 aromatic rings. The number of amides is 1. The minimum Gasteiger partial charge on any atom is -0.450 e. The lowest BCUT2D eigenvalue weighted by Gasteiger charge is -2.37. The Bertz CT molecular complexity index is 283. The molecule has 2 unspecified atom stereocenters. The van der Waals surface area contributed by atoms with E-state index >= 15 is 0 Å². The minimum absolute atomic E-state index is 0.0747. The first-order valence-corrected chi connectivity index (χ1v) is 5.91. The normalized spacial score (nSPS) is 25.3. The largest absolute Gasteiger partial charge is 0.450 e. The zero-order chi connectivity index (χ0) is 12.1. The van der Waals surface area contributed by atoms with Gasteiger partial charge in [-0.05, 0) is 25.2 Å². The molecule has 0 aliphatic carbocycles. The number of nitrogens with zero attached hydrogens (tertiary/aromatic N) is 2. The molecule has 1 heterocycles. The average molecular weight is 224 g/mol. The summed E-state index contributed by atoms with van der Waals surface area (Å²) in [5, 5.41) is 9.05. The number of ether oxygens (including phenoxy) is 1. The van der Waals surface area contributed by atoms with Crippen molar-refractivity contribution < 1.29 is 9.53 Å². The second-order valence-electron chi connectivity index (χ2n) is 4.58. The highest BCUT2D eigenvalue weighted by atomic mass is 16.6. The molecular weight excluding hydrogens is 204 g/mol. The van der Waals surface area contributed by atoms with Crippen LogP contribution in [0.2, 0.25) is 0 Å². The molecule has 2 atom stereocenters. The van der Waals surface area contributed by atoms with E-state index in [2.05, 4.69) is 19.9 Å². The quantitative estimate of drug-likeness (QED) is 0.723. The van der Waals surface area contributed by atoms with Crippen molar-refractivity contribution in [1.82, 2.24) is 4.90 Å². The number of likely N-dealkylation sites (tertiary alicyclic amines) is 1. The molecule has 1 saturated heterocycles. The van der Waals surface area contributed by atoms with Crippen molar-refractivity contribution in [2.24, 2.45) is 17.8 Å². The summed E-state index contributed by atoms with van der Waals surface area (Å²) >= 11 is 0. The van der Waals surface area contributed by atoms with E-state index < -0.39 is 0 Å². The van der Waals surface area contributed by atoms with Gasteiger partial charge in [0.25, 0.3) is 0 Å². The Labute approximate surface area is 97.2 Å². The highest BCUT2D eigenvalue weighted by Crippen LogP contribution is 2.29. The molecular formula is C12H20N2O2. The molecule has 0 radical (unpaired) electrons. The zero-order valence-electron chi connectivity index (χ0n) is 10.3. The maximum Gasteiger partial charge on any atom is 0.409 e. The second kappa shape index (κ2) is 5.74. The maximum absolute atomic E-state index is 11.6. The summed E-state index contributed by atoms with van der Waals surface area (Å²) in [5.41, 5.74) is 0. The predicted octanol–water partition coefficient (Wildman–Crippen LogP) is 2.26. The Morgan fingerprint density at radius 1 is 1.62 bits per heavy atom. The summed E-state index contributed by atoms with van der Waals surface area (Å²) in [6.45, 7) is 7.70. The van der Waals surface area contributed by atoms with Crippen LogP contribution < -0.4 is 0 Å². The van der Waals surface area contributed by atoms with Crippen molar-refractivity contribution >= 4 is 6.09 Å². The number of rotatable bonds is 2. The van der Waals surface area contributed by atoms with Gasteiger partial charge in [-0.2, -0.15) is 5.26 Å². The molecule has 90 valence electrons. The van der Waals surface area contributed by atoms with Crippen molar-refractivity contribution in [3.63, 3.8) is 0 Å². The van der Waals surface area contributed by atoms with Crippen LogP contribution in [0.3, 0.4) is 0 Å². The van der Waals surface area contributed by atoms with Crippen molar-refractivity contribution in [2.45, 2.75) is 27.2 Å². The van der Waals surface area contributed by atoms with E-state index in [1.807, 2.05) is 0 Å². The fourth-order valence-electron chi connectivity index (χ4n) is 2.20. The molecule has 0 N–H and O–H groups in total. The Balaban J connectivity index is 2.62. The van der Waals surface area contributed by atoms with E-state index in [9.17, 15) is 4.79 Å². The molecule has 0 aromatic carbocycles. The first-order valence-electron chi connectivity index (χ1n) is 5.91. The van der Waals surface area contributed by atoms with Gasteiger partial charge < -0.3 is 9.64 Å². The molecule has 0 aromatic heterocycles. The van der Waals surface area contributed by atoms with Crippen molar-refractivity contribution in [1.29, 1.82) is 5.26 Å². The van der Waals surface area contributed by atoms with Gasteiger partial charge in [-0.1, -0.05) is 13.8 Å². The lowest BCUT2D eigenvalue weighted by molar-refractivity contribution is 0.0703. The highest BCUT2D eigenvalue weighted by molar-refractivity contribution is 5.67. The summed E-state index contributed by atoms with van der Waals surface area (Å²) < 4.78 is 4.98. The Kier molecular flexibility index (Phi) is 4.60. The maximum atomic E-state index is 11.6. The van der Waals surface area contributed by atoms with Crippen LogP contribution in [0.1, 0.15) is 27.2 Å². The monoisotopic (exact) mass is 224 g/mol. The number of carbonyl (C=O) groups is 1. The molecule has 1 fully saturated rings. The zero-order valence-corrected chi connectivity index (χ0v) is 10.3. The Hall–Kier alpha value is -1.24. The lowest BCUT2D eigenvalue weighted by atomic mass is 9.79. The third-order valence-corrected chi connectivity index (χ3v) is 3.21. The van der Waals surface area contributed by atoms with E-state index in [1.54, 1.807) is 11.8 Å². The molecule has 1 aliphatic rings. The fourth-order valence-corrected chi connectivity index (χ4v) is 2.20. The summed E-state index contributed by atoms with van der Waals surface area (Å²) in [5.74, 6) is 0.760. The molecule has 0 saturated carbocycles. The van der Waals surface area contributed by atoms with Crippen LogP contribution in [0.15, 0.2) is 0 Å². The molecule has 16 heavy (non-hydrogen) atoms. The van der Waals surface area contributed by atoms with Crippen LogP contribution >= 0.6 is 0 Å². The van der Waals surface area contributed by atoms with Gasteiger partial charge in [0.1, 0.15) is 0 Å². The third kappa shape index (κ3) is 2.88. The van der Waals surface area contributed by atoms with Crippen molar-refractivity contribution in [3.05, 3.63) is 0 Å². The molecule has 4 heteroatoms. The first kappa shape index (κ1) is 12.8. The SMILES string of the molecule is CCOC(=O)N1CCC(C#N)C(C(C)C)C1. The van der Waals surface area contributed by atoms with E-state index in [4.69, 9.17) is 10.00 Å². The topological polar surface area (TPSA) is 53.3 Å². The van der Waals surface area contributed by atoms with E-state index in [1.165, 1.54) is 0 Å². The number of hydrogen-bond donors (Lipinski definition) is 0. The molecule has 4 nitrogen and oxygen atoms in total. The molecule has 1 rings (SSSR count). The second-order valence-corrected chi connectivity index (χ2v) is 4.58. The van der Waals surface area contributed by atoms with Crippen LogP contribution in [0.4, 0.5) is 4.79 Å². The van der Waals surface area contributed by atoms with Crippen molar-refractivity contribution in [3.8, 4) is 6.07 Å². The van der Waals surface area contributed by atoms with Gasteiger partial charge in [0.15, 0.2) is 0 Å². The molecule has 1 amide bonds. The van der Waals surface area contributed by atoms with Crippen LogP contribution in [0, 0.1) is 29.1 Å². The van der Waals surface area contributed by atoms with Gasteiger partial charge in [0, 0.05) is 13.1 Å². The molecule has 0 spiro atoms. The van der Waals surface area contributed by atoms with Crippen LogP contribution in [0.5, 0.6) is 0 Å². The van der Waals surface area contributed by atoms with Gasteiger partial charge in [-0.25, -0.2) is 4.79 Å². The Morgan fingerprint density at radius 2 is 2.31 bits per heavy atom. The standard InChI is InChI=1S/C12H20N2O2/c1-4-16-12(15)14-6-5-10(7-13)11(8-14)9(2)3/h9-11H,4-6,8H2,1-3H3. The predicted molar refractivity (Wildman–Crippen MR) is 60.6 cm³/mol. The van der Waals surface area contributed by atoms with Gasteiger partial charge in [-0.3, -0.25) is 0 Å². The highest BCUT2D eigenvalue weighted by Gasteiger charge is 2.33. The summed E-state index contributed by atoms with van der Waals surface area (Å²) in [4.78, 5) is 13.3. The van der Waals surface area contributed by atoms with Gasteiger partial charge in [0.2, 0.25) is 0 Å². The number of piperidine rings is 1. The summed E-state index contributed by atoms with van der Waals surface area (Å²) in [6, 6.07) is 2.35. The first-order chi connectivity index (χ1) is 7.60. The van der Waals surface area contributed by atoms with Gasteiger partial charge in [0.05, 0.1) is 18.6 Å². The van der Waals surface area contributed by atoms with Crippen LogP contribution in [-0.2, 0) is 4.74 Å². The lowest BCUT2D eigenvalue weighted by Crippen LogP contribution is -2.45. The van der Waals surface area contributed by atoms with E-state index in [0.717, 1.165) is 6.42 Å². The van der Waals surface area contributed by atoms with Crippen molar-refractivity contribution in [2.75, 3.05) is 19.7 Å². The van der Waals surface area contributed by atoms with Crippen LogP contribution in [0.25, 0.3) is 0 Å². The van der Waals surface area contributed by atoms with E-state index in [-0.39, 0.29) is 17.9 Å². The minimum atomic E-state index is -0.246. The number of hydrogen-bond acceptors (Lipinski definition) is 3. The summed E-state index contributed by atoms with van der Waals surface area (Å²) in [6.07, 6.45) is 0.516. The average Bonchev–Trinajstić information content (AvgIpc) is 2.28. The fraction of sp³-hybridized carbons (Fsp3) is 0.833. The van der Waals surface area contributed by atoms with E-state index in [0.29, 0.717) is 25.6 Å². The molecule has 0 bridgehead atoms. The summed E-state index contributed by atoms with van der Waals surface area (Å²) in [7, 11) is 0. The smallest absolute Gasteiger partial charge is 0.409 e. The van der Waals surface area contributed by atoms with Gasteiger partial charge in [-0.15, -0.1) is 0 Å². The molecule has 1 aliphatic heterocycles. The number of carbonyl (C=O) groups excluding carboxylic acids is 1. The van der Waals surface area contributed by atoms with Crippen LogP contribution in [-0.4, -0.2) is 30.7 Å². The van der Waals surface area contributed by atoms with Gasteiger partial charge >= 0.3 is 6.09 Å².